The van der Waals surface area contributed by atoms with Gasteiger partial charge in [-0.05, 0) is 6.07 Å². The van der Waals surface area contributed by atoms with Gasteiger partial charge in [0.2, 0.25) is 0 Å². The van der Waals surface area contributed by atoms with Crippen LogP contribution in [0, 0.1) is 0 Å². The zero-order chi connectivity index (χ0) is 14.1. The van der Waals surface area contributed by atoms with Crippen LogP contribution >= 0.6 is 0 Å². The molecular formula is C13H13N5O2. The Bertz CT molecular complexity index is 774. The van der Waals surface area contributed by atoms with Crippen LogP contribution in [-0.2, 0) is 7.05 Å². The Morgan fingerprint density at radius 3 is 3.00 bits per heavy atom. The van der Waals surface area contributed by atoms with Gasteiger partial charge in [-0.2, -0.15) is 5.10 Å². The molecule has 1 amide bonds. The number of amides is 1. The van der Waals surface area contributed by atoms with Crippen LogP contribution in [0.1, 0.15) is 10.5 Å². The zero-order valence-electron chi connectivity index (χ0n) is 11.0. The molecule has 0 aliphatic heterocycles. The van der Waals surface area contributed by atoms with E-state index in [2.05, 4.69) is 20.6 Å². The third-order valence-electron chi connectivity index (χ3n) is 2.92. The number of para-hydroxylation sites is 1. The summed E-state index contributed by atoms with van der Waals surface area (Å²) < 4.78 is 6.66. The van der Waals surface area contributed by atoms with Gasteiger partial charge >= 0.3 is 0 Å². The van der Waals surface area contributed by atoms with Crippen molar-refractivity contribution in [3.63, 3.8) is 0 Å². The molecule has 0 radical (unpaired) electrons. The molecule has 0 fully saturated rings. The molecule has 2 N–H and O–H groups in total. The molecule has 3 rings (SSSR count). The summed E-state index contributed by atoms with van der Waals surface area (Å²) in [6.07, 6.45) is 1.67. The fourth-order valence-electron chi connectivity index (χ4n) is 2.02. The van der Waals surface area contributed by atoms with Crippen LogP contribution in [0.4, 0.5) is 5.69 Å². The van der Waals surface area contributed by atoms with Crippen molar-refractivity contribution in [1.29, 1.82) is 0 Å². The first-order chi connectivity index (χ1) is 9.69. The Balaban J connectivity index is 1.93. The summed E-state index contributed by atoms with van der Waals surface area (Å²) >= 11 is 0. The minimum atomic E-state index is -0.311. The molecule has 0 saturated heterocycles. The van der Waals surface area contributed by atoms with Crippen LogP contribution in [0.2, 0.25) is 0 Å². The minimum absolute atomic E-state index is 0.311. The maximum Gasteiger partial charge on any atom is 0.276 e. The van der Waals surface area contributed by atoms with Gasteiger partial charge < -0.3 is 10.1 Å². The van der Waals surface area contributed by atoms with Gasteiger partial charge in [-0.25, -0.2) is 0 Å². The lowest BCUT2D eigenvalue weighted by Gasteiger charge is -2.02. The molecule has 0 unspecified atom stereocenters. The van der Waals surface area contributed by atoms with Crippen molar-refractivity contribution in [2.45, 2.75) is 0 Å². The highest BCUT2D eigenvalue weighted by molar-refractivity contribution is 6.11. The lowest BCUT2D eigenvalue weighted by molar-refractivity contribution is 0.102. The van der Waals surface area contributed by atoms with E-state index in [1.54, 1.807) is 17.9 Å². The van der Waals surface area contributed by atoms with E-state index < -0.39 is 0 Å². The highest BCUT2D eigenvalue weighted by Gasteiger charge is 2.17. The van der Waals surface area contributed by atoms with Crippen molar-refractivity contribution in [3.05, 3.63) is 36.2 Å². The number of aromatic amines is 1. The molecule has 0 bridgehead atoms. The Labute approximate surface area is 114 Å². The Morgan fingerprint density at radius 2 is 2.20 bits per heavy atom. The first-order valence-electron chi connectivity index (χ1n) is 6.01. The molecule has 7 nitrogen and oxygen atoms in total. The molecule has 3 aromatic rings. The minimum Gasteiger partial charge on any atom is -0.478 e. The van der Waals surface area contributed by atoms with E-state index in [0.29, 0.717) is 17.3 Å². The normalized spacial score (nSPS) is 10.7. The summed E-state index contributed by atoms with van der Waals surface area (Å²) in [5.41, 5.74) is 1.66. The van der Waals surface area contributed by atoms with E-state index in [4.69, 9.17) is 4.74 Å². The number of ether oxygens (including phenoxy) is 1. The third kappa shape index (κ3) is 1.99. The lowest BCUT2D eigenvalue weighted by Crippen LogP contribution is -2.13. The van der Waals surface area contributed by atoms with Crippen LogP contribution in [-0.4, -0.2) is 33.0 Å². The number of carbonyl (C=O) groups excluding carboxylic acids is 1. The number of hydrogen-bond donors (Lipinski definition) is 2. The van der Waals surface area contributed by atoms with Gasteiger partial charge in [0.1, 0.15) is 5.69 Å². The molecule has 20 heavy (non-hydrogen) atoms. The predicted octanol–water partition coefficient (Wildman–Crippen LogP) is 1.56. The van der Waals surface area contributed by atoms with Crippen LogP contribution in [0.3, 0.4) is 0 Å². The topological polar surface area (TPSA) is 84.8 Å². The molecule has 7 heteroatoms. The van der Waals surface area contributed by atoms with E-state index >= 15 is 0 Å². The number of methoxy groups -OCH3 is 1. The van der Waals surface area contributed by atoms with Crippen LogP contribution in [0.25, 0.3) is 10.9 Å². The molecule has 0 spiro atoms. The smallest absolute Gasteiger partial charge is 0.276 e. The predicted molar refractivity (Wildman–Crippen MR) is 73.8 cm³/mol. The maximum absolute atomic E-state index is 12.3. The molecule has 0 atom stereocenters. The van der Waals surface area contributed by atoms with Gasteiger partial charge in [-0.1, -0.05) is 18.2 Å². The second kappa shape index (κ2) is 4.69. The summed E-state index contributed by atoms with van der Waals surface area (Å²) in [5.74, 6) is 0.0504. The van der Waals surface area contributed by atoms with E-state index in [9.17, 15) is 4.79 Å². The number of carbonyl (C=O) groups is 1. The number of fused-ring (bicyclic) bond motifs is 1. The van der Waals surface area contributed by atoms with Gasteiger partial charge in [0.15, 0.2) is 5.69 Å². The largest absolute Gasteiger partial charge is 0.478 e. The third-order valence-corrected chi connectivity index (χ3v) is 2.92. The number of rotatable bonds is 3. The summed E-state index contributed by atoms with van der Waals surface area (Å²) in [6, 6.07) is 7.45. The monoisotopic (exact) mass is 271 g/mol. The zero-order valence-corrected chi connectivity index (χ0v) is 11.0. The molecule has 102 valence electrons. The summed E-state index contributed by atoms with van der Waals surface area (Å²) in [7, 11) is 3.25. The van der Waals surface area contributed by atoms with Crippen LogP contribution in [0.5, 0.6) is 5.88 Å². The highest BCUT2D eigenvalue weighted by atomic mass is 16.5. The van der Waals surface area contributed by atoms with Crippen molar-refractivity contribution in [3.8, 4) is 5.88 Å². The number of benzene rings is 1. The summed E-state index contributed by atoms with van der Waals surface area (Å²) in [4.78, 5) is 12.3. The Kier molecular flexibility index (Phi) is 2.86. The fraction of sp³-hybridized carbons (Fsp3) is 0.154. The van der Waals surface area contributed by atoms with Crippen molar-refractivity contribution in [1.82, 2.24) is 20.0 Å². The number of aryl methyl sites for hydroxylation is 1. The number of anilines is 1. The highest BCUT2D eigenvalue weighted by Crippen LogP contribution is 2.23. The standard InChI is InChI=1S/C13H13N5O2/c1-18-7-10(13(17-18)20-2)14-12(19)11-8-5-3-4-6-9(8)15-16-11/h3-7H,1-2H3,(H,14,19)(H,15,16). The van der Waals surface area contributed by atoms with E-state index in [1.807, 2.05) is 24.3 Å². The first kappa shape index (κ1) is 12.2. The van der Waals surface area contributed by atoms with Crippen molar-refractivity contribution >= 4 is 22.5 Å². The SMILES string of the molecule is COc1nn(C)cc1NC(=O)c1n[nH]c2ccccc12. The van der Waals surface area contributed by atoms with Gasteiger partial charge in [-0.15, -0.1) is 5.10 Å². The van der Waals surface area contributed by atoms with Crippen molar-refractivity contribution in [2.24, 2.45) is 7.05 Å². The number of nitrogens with one attached hydrogen (secondary N) is 2. The Morgan fingerprint density at radius 1 is 1.40 bits per heavy atom. The second-order valence-electron chi connectivity index (χ2n) is 4.30. The van der Waals surface area contributed by atoms with E-state index in [-0.39, 0.29) is 5.91 Å². The first-order valence-corrected chi connectivity index (χ1v) is 6.01. The van der Waals surface area contributed by atoms with Gasteiger partial charge in [0, 0.05) is 12.4 Å². The number of nitrogens with zero attached hydrogens (tertiary/aromatic N) is 3. The molecule has 1 aromatic carbocycles. The lowest BCUT2D eigenvalue weighted by atomic mass is 10.2. The van der Waals surface area contributed by atoms with Gasteiger partial charge in [-0.3, -0.25) is 14.6 Å². The molecular weight excluding hydrogens is 258 g/mol. The average molecular weight is 271 g/mol. The quantitative estimate of drug-likeness (QED) is 0.757. The Hall–Kier alpha value is -2.83. The van der Waals surface area contributed by atoms with E-state index in [0.717, 1.165) is 10.9 Å². The second-order valence-corrected chi connectivity index (χ2v) is 4.30. The number of H-pyrrole nitrogens is 1. The number of hydrogen-bond acceptors (Lipinski definition) is 4. The van der Waals surface area contributed by atoms with Crippen molar-refractivity contribution in [2.75, 3.05) is 12.4 Å². The molecule has 0 aliphatic rings. The molecule has 0 aliphatic carbocycles. The average Bonchev–Trinajstić information content (AvgIpc) is 3.02. The maximum atomic E-state index is 12.3. The molecule has 0 saturated carbocycles. The van der Waals surface area contributed by atoms with Crippen LogP contribution in [0.15, 0.2) is 30.5 Å². The molecule has 2 aromatic heterocycles. The van der Waals surface area contributed by atoms with Crippen molar-refractivity contribution < 1.29 is 9.53 Å². The van der Waals surface area contributed by atoms with E-state index in [1.165, 1.54) is 7.11 Å². The summed E-state index contributed by atoms with van der Waals surface area (Å²) in [5, 5.41) is 14.5. The van der Waals surface area contributed by atoms with Gasteiger partial charge in [0.05, 0.1) is 18.8 Å². The van der Waals surface area contributed by atoms with Gasteiger partial charge in [0.25, 0.3) is 11.8 Å². The van der Waals surface area contributed by atoms with Crippen LogP contribution < -0.4 is 10.1 Å². The molecule has 2 heterocycles. The number of aromatic nitrogens is 4. The fourth-order valence-corrected chi connectivity index (χ4v) is 2.02. The summed E-state index contributed by atoms with van der Waals surface area (Å²) in [6.45, 7) is 0.